The molecule has 0 saturated carbocycles. The van der Waals surface area contributed by atoms with Crippen LogP contribution in [-0.4, -0.2) is 25.5 Å². The Balaban J connectivity index is 0.00000200. The van der Waals surface area contributed by atoms with E-state index in [0.717, 1.165) is 47.2 Å². The van der Waals surface area contributed by atoms with Crippen LogP contribution in [0.25, 0.3) is 0 Å². The summed E-state index contributed by atoms with van der Waals surface area (Å²) in [5.74, 6) is 0.0516. The second-order valence-corrected chi connectivity index (χ2v) is 6.82. The molecule has 112 valence electrons. The first-order valence-corrected chi connectivity index (χ1v) is 7.84. The van der Waals surface area contributed by atoms with Gasteiger partial charge in [0.05, 0.1) is 0 Å². The fraction of sp³-hybridized carbons (Fsp3) is 0.533. The fourth-order valence-electron chi connectivity index (χ4n) is 2.45. The highest BCUT2D eigenvalue weighted by atomic mass is 127. The van der Waals surface area contributed by atoms with Crippen molar-refractivity contribution in [3.63, 3.8) is 0 Å². The zero-order valence-electron chi connectivity index (χ0n) is 12.0. The number of hydrogen-bond donors (Lipinski definition) is 2. The molecule has 0 spiro atoms. The SMILES string of the molecule is Cc1c(I)cccc1C(=O)NCC1(C)CCNCC1.Cl. The van der Waals surface area contributed by atoms with Crippen molar-refractivity contribution in [3.8, 4) is 0 Å². The Bertz CT molecular complexity index is 473. The molecule has 2 N–H and O–H groups in total. The van der Waals surface area contributed by atoms with Crippen LogP contribution < -0.4 is 10.6 Å². The van der Waals surface area contributed by atoms with Crippen molar-refractivity contribution in [2.45, 2.75) is 26.7 Å². The molecule has 0 aliphatic carbocycles. The molecular formula is C15H22ClIN2O. The minimum atomic E-state index is 0. The Hall–Kier alpha value is -0.330. The van der Waals surface area contributed by atoms with Crippen LogP contribution in [-0.2, 0) is 0 Å². The highest BCUT2D eigenvalue weighted by Gasteiger charge is 2.27. The van der Waals surface area contributed by atoms with Crippen molar-refractivity contribution in [2.24, 2.45) is 5.41 Å². The van der Waals surface area contributed by atoms with Crippen LogP contribution in [0.4, 0.5) is 0 Å². The highest BCUT2D eigenvalue weighted by molar-refractivity contribution is 14.1. The van der Waals surface area contributed by atoms with Crippen molar-refractivity contribution in [2.75, 3.05) is 19.6 Å². The normalized spacial score (nSPS) is 17.1. The minimum absolute atomic E-state index is 0. The van der Waals surface area contributed by atoms with Gasteiger partial charge in [0.25, 0.3) is 5.91 Å². The summed E-state index contributed by atoms with van der Waals surface area (Å²) in [4.78, 5) is 12.3. The molecule has 1 saturated heterocycles. The van der Waals surface area contributed by atoms with E-state index in [9.17, 15) is 4.79 Å². The third kappa shape index (κ3) is 4.33. The summed E-state index contributed by atoms with van der Waals surface area (Å²) in [6, 6.07) is 5.87. The zero-order chi connectivity index (χ0) is 13.9. The van der Waals surface area contributed by atoms with Crippen LogP contribution >= 0.6 is 35.0 Å². The molecule has 0 atom stereocenters. The molecule has 0 radical (unpaired) electrons. The number of piperidine rings is 1. The molecule has 2 rings (SSSR count). The lowest BCUT2D eigenvalue weighted by Crippen LogP contribution is -2.43. The van der Waals surface area contributed by atoms with Gasteiger partial charge in [-0.25, -0.2) is 0 Å². The van der Waals surface area contributed by atoms with Crippen LogP contribution in [0, 0.1) is 15.9 Å². The maximum Gasteiger partial charge on any atom is 0.251 e. The Morgan fingerprint density at radius 2 is 2.05 bits per heavy atom. The molecule has 0 bridgehead atoms. The van der Waals surface area contributed by atoms with Gasteiger partial charge in [-0.05, 0) is 78.6 Å². The van der Waals surface area contributed by atoms with Gasteiger partial charge in [-0.15, -0.1) is 12.4 Å². The van der Waals surface area contributed by atoms with E-state index in [4.69, 9.17) is 0 Å². The van der Waals surface area contributed by atoms with Crippen LogP contribution in [0.15, 0.2) is 18.2 Å². The van der Waals surface area contributed by atoms with Crippen molar-refractivity contribution in [1.82, 2.24) is 10.6 Å². The van der Waals surface area contributed by atoms with Crippen molar-refractivity contribution >= 4 is 40.9 Å². The van der Waals surface area contributed by atoms with Crippen molar-refractivity contribution in [1.29, 1.82) is 0 Å². The summed E-state index contributed by atoms with van der Waals surface area (Å²) in [5.41, 5.74) is 2.09. The molecule has 3 nitrogen and oxygen atoms in total. The Kier molecular flexibility index (Phi) is 6.75. The van der Waals surface area contributed by atoms with Gasteiger partial charge in [-0.2, -0.15) is 0 Å². The standard InChI is InChI=1S/C15H21IN2O.ClH/c1-11-12(4-3-5-13(11)16)14(19)18-10-15(2)6-8-17-9-7-15;/h3-5,17H,6-10H2,1-2H3,(H,18,19);1H. The molecule has 20 heavy (non-hydrogen) atoms. The lowest BCUT2D eigenvalue weighted by molar-refractivity contribution is 0.0921. The fourth-order valence-corrected chi connectivity index (χ4v) is 2.95. The maximum absolute atomic E-state index is 12.3. The second-order valence-electron chi connectivity index (χ2n) is 5.66. The molecule has 1 aromatic rings. The van der Waals surface area contributed by atoms with Gasteiger partial charge >= 0.3 is 0 Å². The number of amides is 1. The molecule has 1 heterocycles. The molecule has 5 heteroatoms. The predicted molar refractivity (Wildman–Crippen MR) is 93.7 cm³/mol. The van der Waals surface area contributed by atoms with Crippen LogP contribution in [0.1, 0.15) is 35.7 Å². The van der Waals surface area contributed by atoms with E-state index >= 15 is 0 Å². The minimum Gasteiger partial charge on any atom is -0.351 e. The lowest BCUT2D eigenvalue weighted by atomic mass is 9.81. The highest BCUT2D eigenvalue weighted by Crippen LogP contribution is 2.27. The Morgan fingerprint density at radius 3 is 2.70 bits per heavy atom. The quantitative estimate of drug-likeness (QED) is 0.755. The number of halogens is 2. The second kappa shape index (κ2) is 7.61. The molecular weight excluding hydrogens is 387 g/mol. The van der Waals surface area contributed by atoms with Gasteiger partial charge in [0, 0.05) is 15.7 Å². The zero-order valence-corrected chi connectivity index (χ0v) is 14.9. The molecule has 1 fully saturated rings. The first kappa shape index (κ1) is 17.7. The summed E-state index contributed by atoms with van der Waals surface area (Å²) < 4.78 is 1.14. The van der Waals surface area contributed by atoms with Crippen molar-refractivity contribution < 1.29 is 4.79 Å². The van der Waals surface area contributed by atoms with Crippen LogP contribution in [0.3, 0.4) is 0 Å². The monoisotopic (exact) mass is 408 g/mol. The molecule has 1 aliphatic rings. The molecule has 0 unspecified atom stereocenters. The topological polar surface area (TPSA) is 41.1 Å². The molecule has 1 amide bonds. The number of nitrogens with one attached hydrogen (secondary N) is 2. The van der Waals surface area contributed by atoms with E-state index in [0.29, 0.717) is 0 Å². The van der Waals surface area contributed by atoms with Crippen molar-refractivity contribution in [3.05, 3.63) is 32.9 Å². The van der Waals surface area contributed by atoms with E-state index in [-0.39, 0.29) is 23.7 Å². The summed E-state index contributed by atoms with van der Waals surface area (Å²) in [5, 5.41) is 6.47. The Labute approximate surface area is 140 Å². The van der Waals surface area contributed by atoms with Gasteiger partial charge in [-0.1, -0.05) is 13.0 Å². The summed E-state index contributed by atoms with van der Waals surface area (Å²) >= 11 is 2.27. The van der Waals surface area contributed by atoms with E-state index in [2.05, 4.69) is 40.1 Å². The first-order chi connectivity index (χ1) is 9.02. The smallest absolute Gasteiger partial charge is 0.251 e. The average Bonchev–Trinajstić information content (AvgIpc) is 2.40. The maximum atomic E-state index is 12.3. The average molecular weight is 409 g/mol. The Morgan fingerprint density at radius 1 is 1.40 bits per heavy atom. The number of benzene rings is 1. The predicted octanol–water partition coefficient (Wildman–Crippen LogP) is 3.14. The van der Waals surface area contributed by atoms with Gasteiger partial charge in [-0.3, -0.25) is 4.79 Å². The molecule has 0 aromatic heterocycles. The summed E-state index contributed by atoms with van der Waals surface area (Å²) in [6.07, 6.45) is 2.25. The van der Waals surface area contributed by atoms with E-state index in [1.807, 2.05) is 25.1 Å². The van der Waals surface area contributed by atoms with Gasteiger partial charge in [0.15, 0.2) is 0 Å². The van der Waals surface area contributed by atoms with E-state index in [1.54, 1.807) is 0 Å². The number of carbonyl (C=O) groups excluding carboxylic acids is 1. The summed E-state index contributed by atoms with van der Waals surface area (Å²) in [6.45, 7) is 7.13. The first-order valence-electron chi connectivity index (χ1n) is 6.76. The molecule has 1 aliphatic heterocycles. The van der Waals surface area contributed by atoms with E-state index in [1.165, 1.54) is 0 Å². The number of hydrogen-bond acceptors (Lipinski definition) is 2. The van der Waals surface area contributed by atoms with Crippen LogP contribution in [0.2, 0.25) is 0 Å². The third-order valence-corrected chi connectivity index (χ3v) is 5.17. The van der Waals surface area contributed by atoms with E-state index < -0.39 is 0 Å². The largest absolute Gasteiger partial charge is 0.351 e. The third-order valence-electron chi connectivity index (χ3n) is 4.00. The van der Waals surface area contributed by atoms with Gasteiger partial charge in [0.1, 0.15) is 0 Å². The lowest BCUT2D eigenvalue weighted by Gasteiger charge is -2.34. The van der Waals surface area contributed by atoms with Crippen LogP contribution in [0.5, 0.6) is 0 Å². The number of carbonyl (C=O) groups is 1. The van der Waals surface area contributed by atoms with Gasteiger partial charge < -0.3 is 10.6 Å². The van der Waals surface area contributed by atoms with Gasteiger partial charge in [0.2, 0.25) is 0 Å². The number of rotatable bonds is 3. The summed E-state index contributed by atoms with van der Waals surface area (Å²) in [7, 11) is 0. The molecule has 1 aromatic carbocycles.